The third-order valence-corrected chi connectivity index (χ3v) is 1.54. The van der Waals surface area contributed by atoms with Crippen molar-refractivity contribution >= 4 is 6.21 Å². The summed E-state index contributed by atoms with van der Waals surface area (Å²) in [5, 5.41) is 0. The maximum absolute atomic E-state index is 5.79. The molecule has 0 aliphatic carbocycles. The van der Waals surface area contributed by atoms with E-state index in [9.17, 15) is 0 Å². The number of aliphatic imine (C=N–C) groups is 1. The Bertz CT molecular complexity index is 254. The minimum Gasteiger partial charge on any atom is -0.414 e. The molecule has 0 aromatic heterocycles. The fourth-order valence-electron chi connectivity index (χ4n) is 0.826. The van der Waals surface area contributed by atoms with E-state index in [4.69, 9.17) is 10.6 Å². The van der Waals surface area contributed by atoms with E-state index in [1.807, 2.05) is 20.8 Å². The number of rotatable bonds is 5. The van der Waals surface area contributed by atoms with Gasteiger partial charge in [-0.05, 0) is 26.3 Å². The molecule has 80 valence electrons. The van der Waals surface area contributed by atoms with Gasteiger partial charge < -0.3 is 10.6 Å². The highest BCUT2D eigenvalue weighted by Crippen LogP contribution is 2.01. The lowest BCUT2D eigenvalue weighted by Crippen LogP contribution is -2.07. The highest BCUT2D eigenvalue weighted by atomic mass is 16.6. The molecular weight excluding hydrogens is 178 g/mol. The monoisotopic (exact) mass is 197 g/mol. The van der Waals surface area contributed by atoms with Crippen LogP contribution in [0.1, 0.15) is 20.8 Å². The molecular formula is C10H19N3O. The maximum Gasteiger partial charge on any atom is 0.123 e. The van der Waals surface area contributed by atoms with Gasteiger partial charge in [-0.15, -0.1) is 0 Å². The fraction of sp³-hybridized carbons (Fsp3) is 0.500. The number of hydrogen-bond donors (Lipinski definition) is 2. The summed E-state index contributed by atoms with van der Waals surface area (Å²) in [7, 11) is 1.70. The average Bonchev–Trinajstić information content (AvgIpc) is 2.14. The molecule has 0 saturated heterocycles. The van der Waals surface area contributed by atoms with Gasteiger partial charge in [-0.3, -0.25) is 4.99 Å². The van der Waals surface area contributed by atoms with E-state index in [2.05, 4.69) is 10.5 Å². The van der Waals surface area contributed by atoms with Crippen molar-refractivity contribution in [3.63, 3.8) is 0 Å². The van der Waals surface area contributed by atoms with Crippen molar-refractivity contribution in [2.75, 3.05) is 13.6 Å². The number of nitrogens with two attached hydrogens (primary N) is 1. The normalized spacial score (nSPS) is 14.4. The summed E-state index contributed by atoms with van der Waals surface area (Å²) >= 11 is 0. The molecule has 0 amide bonds. The molecule has 0 aliphatic heterocycles. The van der Waals surface area contributed by atoms with Crippen LogP contribution in [-0.2, 0) is 4.84 Å². The minimum absolute atomic E-state index is 0.662. The van der Waals surface area contributed by atoms with Gasteiger partial charge in [-0.2, -0.15) is 5.48 Å². The van der Waals surface area contributed by atoms with Crippen LogP contribution >= 0.6 is 0 Å². The molecule has 0 atom stereocenters. The molecule has 4 heteroatoms. The summed E-state index contributed by atoms with van der Waals surface area (Å²) in [6, 6.07) is 0. The number of hydroxylamine groups is 1. The van der Waals surface area contributed by atoms with Crippen LogP contribution in [0.25, 0.3) is 0 Å². The lowest BCUT2D eigenvalue weighted by Gasteiger charge is -2.03. The van der Waals surface area contributed by atoms with E-state index in [1.54, 1.807) is 19.3 Å². The predicted molar refractivity (Wildman–Crippen MR) is 59.8 cm³/mol. The first-order valence-electron chi connectivity index (χ1n) is 4.59. The van der Waals surface area contributed by atoms with Crippen LogP contribution in [0, 0.1) is 0 Å². The van der Waals surface area contributed by atoms with Gasteiger partial charge in [0.2, 0.25) is 0 Å². The van der Waals surface area contributed by atoms with Gasteiger partial charge >= 0.3 is 0 Å². The van der Waals surface area contributed by atoms with Crippen molar-refractivity contribution in [2.45, 2.75) is 20.8 Å². The fourth-order valence-corrected chi connectivity index (χ4v) is 0.826. The van der Waals surface area contributed by atoms with Crippen LogP contribution < -0.4 is 11.2 Å². The summed E-state index contributed by atoms with van der Waals surface area (Å²) in [5.74, 6) is 0.717. The molecule has 0 rings (SSSR count). The zero-order valence-electron chi connectivity index (χ0n) is 9.29. The second-order valence-corrected chi connectivity index (χ2v) is 2.83. The lowest BCUT2D eigenvalue weighted by atomic mass is 10.2. The van der Waals surface area contributed by atoms with Gasteiger partial charge in [-0.25, -0.2) is 0 Å². The van der Waals surface area contributed by atoms with Crippen molar-refractivity contribution in [3.05, 3.63) is 23.1 Å². The van der Waals surface area contributed by atoms with E-state index in [-0.39, 0.29) is 0 Å². The van der Waals surface area contributed by atoms with Crippen LogP contribution in [0.2, 0.25) is 0 Å². The van der Waals surface area contributed by atoms with Crippen molar-refractivity contribution in [3.8, 4) is 0 Å². The van der Waals surface area contributed by atoms with Crippen LogP contribution in [0.3, 0.4) is 0 Å². The Morgan fingerprint density at radius 1 is 1.50 bits per heavy atom. The molecule has 0 aromatic rings. The second kappa shape index (κ2) is 7.15. The second-order valence-electron chi connectivity index (χ2n) is 2.83. The van der Waals surface area contributed by atoms with Crippen LogP contribution in [-0.4, -0.2) is 19.8 Å². The van der Waals surface area contributed by atoms with Gasteiger partial charge in [-0.1, -0.05) is 0 Å². The van der Waals surface area contributed by atoms with Crippen LogP contribution in [0.15, 0.2) is 28.1 Å². The summed E-state index contributed by atoms with van der Waals surface area (Å²) in [6.45, 7) is 6.48. The standard InChI is InChI=1S/C10H19N3O/c1-5-13-7-8(2)10(11)6-9(3)14-12-4/h6-7,12H,5,11H2,1-4H3/b9-6+,10-8?,13-7?. The molecule has 0 radical (unpaired) electrons. The molecule has 0 heterocycles. The Balaban J connectivity index is 4.49. The van der Waals surface area contributed by atoms with Gasteiger partial charge in [0.25, 0.3) is 0 Å². The minimum atomic E-state index is 0.662. The number of nitrogens with one attached hydrogen (secondary N) is 1. The predicted octanol–water partition coefficient (Wildman–Crippen LogP) is 1.36. The van der Waals surface area contributed by atoms with Crippen LogP contribution in [0.5, 0.6) is 0 Å². The smallest absolute Gasteiger partial charge is 0.123 e. The molecule has 0 fully saturated rings. The topological polar surface area (TPSA) is 59.6 Å². The number of allylic oxidation sites excluding steroid dienone is 3. The van der Waals surface area contributed by atoms with E-state index in [0.29, 0.717) is 11.5 Å². The summed E-state index contributed by atoms with van der Waals surface area (Å²) < 4.78 is 0. The highest BCUT2D eigenvalue weighted by Gasteiger charge is 1.93. The Morgan fingerprint density at radius 3 is 2.64 bits per heavy atom. The molecule has 3 N–H and O–H groups in total. The number of nitrogens with zero attached hydrogens (tertiary/aromatic N) is 1. The Morgan fingerprint density at radius 2 is 2.14 bits per heavy atom. The zero-order valence-corrected chi connectivity index (χ0v) is 9.29. The lowest BCUT2D eigenvalue weighted by molar-refractivity contribution is 0.128. The number of hydrogen-bond acceptors (Lipinski definition) is 4. The summed E-state index contributed by atoms with van der Waals surface area (Å²) in [5.41, 5.74) is 9.97. The Hall–Kier alpha value is -1.29. The van der Waals surface area contributed by atoms with E-state index in [1.165, 1.54) is 0 Å². The Kier molecular flexibility index (Phi) is 6.49. The average molecular weight is 197 g/mol. The largest absolute Gasteiger partial charge is 0.414 e. The van der Waals surface area contributed by atoms with Crippen molar-refractivity contribution in [1.29, 1.82) is 0 Å². The maximum atomic E-state index is 5.79. The van der Waals surface area contributed by atoms with E-state index >= 15 is 0 Å². The molecule has 0 spiro atoms. The van der Waals surface area contributed by atoms with Gasteiger partial charge in [0.15, 0.2) is 0 Å². The first kappa shape index (κ1) is 12.7. The van der Waals surface area contributed by atoms with Crippen LogP contribution in [0.4, 0.5) is 0 Å². The molecule has 0 bridgehead atoms. The van der Waals surface area contributed by atoms with Crippen molar-refractivity contribution in [1.82, 2.24) is 5.48 Å². The molecule has 0 saturated carbocycles. The molecule has 14 heavy (non-hydrogen) atoms. The first-order chi connectivity index (χ1) is 6.61. The molecule has 0 aromatic carbocycles. The SMILES string of the molecule is CCN=CC(C)=C(N)/C=C(\C)ONC. The molecule has 0 unspecified atom stereocenters. The van der Waals surface area contributed by atoms with Crippen molar-refractivity contribution < 1.29 is 4.84 Å². The van der Waals surface area contributed by atoms with Gasteiger partial charge in [0, 0.05) is 31.6 Å². The molecule has 0 aliphatic rings. The summed E-state index contributed by atoms with van der Waals surface area (Å²) in [4.78, 5) is 9.12. The third kappa shape index (κ3) is 5.37. The van der Waals surface area contributed by atoms with Crippen molar-refractivity contribution in [2.24, 2.45) is 10.7 Å². The third-order valence-electron chi connectivity index (χ3n) is 1.54. The molecule has 4 nitrogen and oxygen atoms in total. The van der Waals surface area contributed by atoms with E-state index in [0.717, 1.165) is 12.1 Å². The zero-order chi connectivity index (χ0) is 11.0. The van der Waals surface area contributed by atoms with Gasteiger partial charge in [0.1, 0.15) is 5.76 Å². The summed E-state index contributed by atoms with van der Waals surface area (Å²) in [6.07, 6.45) is 3.52. The van der Waals surface area contributed by atoms with Gasteiger partial charge in [0.05, 0.1) is 0 Å². The Labute approximate surface area is 85.5 Å². The van der Waals surface area contributed by atoms with E-state index < -0.39 is 0 Å². The highest BCUT2D eigenvalue weighted by molar-refractivity contribution is 5.79. The first-order valence-corrected chi connectivity index (χ1v) is 4.59. The quantitative estimate of drug-likeness (QED) is 0.303.